The predicted molar refractivity (Wildman–Crippen MR) is 107 cm³/mol. The lowest BCUT2D eigenvalue weighted by molar-refractivity contribution is -0.161. The van der Waals surface area contributed by atoms with Gasteiger partial charge in [0.1, 0.15) is 0 Å². The molecule has 1 N–H and O–H groups in total. The van der Waals surface area contributed by atoms with Gasteiger partial charge in [-0.05, 0) is 12.3 Å². The van der Waals surface area contributed by atoms with Crippen LogP contribution in [-0.2, 0) is 19.1 Å². The number of hydrogen-bond acceptors (Lipinski definition) is 4. The summed E-state index contributed by atoms with van der Waals surface area (Å²) in [7, 11) is 0. The summed E-state index contributed by atoms with van der Waals surface area (Å²) in [5, 5.41) is 8.46. The molecule has 0 saturated carbocycles. The van der Waals surface area contributed by atoms with Gasteiger partial charge in [0.15, 0.2) is 0 Å². The van der Waals surface area contributed by atoms with Crippen LogP contribution in [0.1, 0.15) is 117 Å². The molecule has 1 unspecified atom stereocenters. The molecular formula is C22H40O5. The molecule has 0 rings (SSSR count). The van der Waals surface area contributed by atoms with Gasteiger partial charge in [0, 0.05) is 6.42 Å². The van der Waals surface area contributed by atoms with Crippen LogP contribution in [0.25, 0.3) is 0 Å². The zero-order valence-corrected chi connectivity index (χ0v) is 17.5. The second-order valence-corrected chi connectivity index (χ2v) is 7.52. The number of carbonyl (C=O) groups excluding carboxylic acids is 2. The lowest BCUT2D eigenvalue weighted by Gasteiger charge is -2.13. The number of ether oxygens (including phenoxy) is 1. The highest BCUT2D eigenvalue weighted by Gasteiger charge is 2.11. The van der Waals surface area contributed by atoms with E-state index in [1.54, 1.807) is 0 Å². The summed E-state index contributed by atoms with van der Waals surface area (Å²) in [4.78, 5) is 33.0. The maximum atomic E-state index is 11.5. The molecule has 0 radical (unpaired) electrons. The summed E-state index contributed by atoms with van der Waals surface area (Å²) in [6.45, 7) is 4.57. The fourth-order valence-electron chi connectivity index (χ4n) is 3.34. The Bertz CT molecular complexity index is 406. The SMILES string of the molecule is CCCC(CC)CCCCCCCCCCCC(=O)OC(=O)CCC(=O)O. The molecule has 0 saturated heterocycles. The standard InChI is InChI=1S/C22H40O5/c1-3-14-19(4-2)15-12-10-8-6-5-7-9-11-13-16-21(25)27-22(26)18-17-20(23)24/h19H,3-18H2,1-2H3,(H,23,24). The zero-order chi connectivity index (χ0) is 20.3. The molecule has 0 bridgehead atoms. The van der Waals surface area contributed by atoms with Gasteiger partial charge in [0.2, 0.25) is 0 Å². The summed E-state index contributed by atoms with van der Waals surface area (Å²) >= 11 is 0. The van der Waals surface area contributed by atoms with Crippen molar-refractivity contribution < 1.29 is 24.2 Å². The molecule has 0 aliphatic carbocycles. The van der Waals surface area contributed by atoms with Crippen LogP contribution in [0.5, 0.6) is 0 Å². The van der Waals surface area contributed by atoms with E-state index in [0.717, 1.165) is 25.2 Å². The predicted octanol–water partition coefficient (Wildman–Crippen LogP) is 6.04. The molecule has 0 aliphatic heterocycles. The number of rotatable bonds is 18. The first-order valence-corrected chi connectivity index (χ1v) is 10.9. The maximum Gasteiger partial charge on any atom is 0.314 e. The Morgan fingerprint density at radius 3 is 1.74 bits per heavy atom. The van der Waals surface area contributed by atoms with E-state index < -0.39 is 17.9 Å². The van der Waals surface area contributed by atoms with Crippen molar-refractivity contribution >= 4 is 17.9 Å². The van der Waals surface area contributed by atoms with E-state index in [1.165, 1.54) is 64.2 Å². The lowest BCUT2D eigenvalue weighted by atomic mass is 9.94. The molecule has 0 aromatic heterocycles. The van der Waals surface area contributed by atoms with E-state index in [1.807, 2.05) is 0 Å². The summed E-state index contributed by atoms with van der Waals surface area (Å²) < 4.78 is 4.58. The second-order valence-electron chi connectivity index (χ2n) is 7.52. The molecule has 0 spiro atoms. The second kappa shape index (κ2) is 18.0. The highest BCUT2D eigenvalue weighted by molar-refractivity contribution is 5.86. The first-order valence-electron chi connectivity index (χ1n) is 10.9. The molecule has 0 amide bonds. The Kier molecular flexibility index (Phi) is 17.1. The minimum atomic E-state index is -1.07. The summed E-state index contributed by atoms with van der Waals surface area (Å²) in [5.41, 5.74) is 0. The molecule has 0 aromatic carbocycles. The van der Waals surface area contributed by atoms with E-state index in [4.69, 9.17) is 5.11 Å². The molecule has 0 fully saturated rings. The van der Waals surface area contributed by atoms with Crippen LogP contribution in [0.15, 0.2) is 0 Å². The lowest BCUT2D eigenvalue weighted by Crippen LogP contribution is -2.13. The number of hydrogen-bond donors (Lipinski definition) is 1. The largest absolute Gasteiger partial charge is 0.481 e. The molecule has 27 heavy (non-hydrogen) atoms. The number of carboxylic acid groups (broad SMARTS) is 1. The van der Waals surface area contributed by atoms with Crippen molar-refractivity contribution in [1.29, 1.82) is 0 Å². The van der Waals surface area contributed by atoms with Gasteiger partial charge < -0.3 is 9.84 Å². The van der Waals surface area contributed by atoms with Crippen LogP contribution in [0, 0.1) is 5.92 Å². The highest BCUT2D eigenvalue weighted by atomic mass is 16.6. The van der Waals surface area contributed by atoms with Crippen molar-refractivity contribution in [1.82, 2.24) is 0 Å². The van der Waals surface area contributed by atoms with Crippen LogP contribution in [-0.4, -0.2) is 23.0 Å². The Morgan fingerprint density at radius 2 is 1.22 bits per heavy atom. The van der Waals surface area contributed by atoms with Crippen LogP contribution in [0.3, 0.4) is 0 Å². The first kappa shape index (κ1) is 25.6. The third-order valence-corrected chi connectivity index (χ3v) is 5.04. The molecule has 5 heteroatoms. The van der Waals surface area contributed by atoms with Crippen molar-refractivity contribution in [2.24, 2.45) is 5.92 Å². The molecule has 0 aliphatic rings. The van der Waals surface area contributed by atoms with E-state index in [2.05, 4.69) is 18.6 Å². The van der Waals surface area contributed by atoms with Crippen molar-refractivity contribution in [3.63, 3.8) is 0 Å². The summed E-state index contributed by atoms with van der Waals surface area (Å²) in [6.07, 6.45) is 15.6. The van der Waals surface area contributed by atoms with Gasteiger partial charge in [0.25, 0.3) is 0 Å². The van der Waals surface area contributed by atoms with Crippen molar-refractivity contribution in [3.05, 3.63) is 0 Å². The number of esters is 2. The molecule has 0 heterocycles. The highest BCUT2D eigenvalue weighted by Crippen LogP contribution is 2.19. The normalized spacial score (nSPS) is 11.9. The average Bonchev–Trinajstić information content (AvgIpc) is 2.63. The minimum absolute atomic E-state index is 0.231. The van der Waals surface area contributed by atoms with Gasteiger partial charge >= 0.3 is 17.9 Å². The fourth-order valence-corrected chi connectivity index (χ4v) is 3.34. The smallest absolute Gasteiger partial charge is 0.314 e. The number of carboxylic acids is 1. The molecule has 5 nitrogen and oxygen atoms in total. The third kappa shape index (κ3) is 17.8. The topological polar surface area (TPSA) is 80.7 Å². The molecule has 1 atom stereocenters. The van der Waals surface area contributed by atoms with Crippen LogP contribution < -0.4 is 0 Å². The van der Waals surface area contributed by atoms with Crippen LogP contribution in [0.4, 0.5) is 0 Å². The van der Waals surface area contributed by atoms with Crippen molar-refractivity contribution in [2.45, 2.75) is 117 Å². The quantitative estimate of drug-likeness (QED) is 0.177. The fraction of sp³-hybridized carbons (Fsp3) is 0.864. The van der Waals surface area contributed by atoms with Crippen molar-refractivity contribution in [2.75, 3.05) is 0 Å². The van der Waals surface area contributed by atoms with Gasteiger partial charge in [-0.3, -0.25) is 14.4 Å². The molecule has 0 aromatic rings. The Balaban J connectivity index is 3.38. The van der Waals surface area contributed by atoms with Gasteiger partial charge in [-0.2, -0.15) is 0 Å². The van der Waals surface area contributed by atoms with Gasteiger partial charge in [0.05, 0.1) is 12.8 Å². The van der Waals surface area contributed by atoms with Crippen LogP contribution >= 0.6 is 0 Å². The van der Waals surface area contributed by atoms with Gasteiger partial charge in [-0.25, -0.2) is 0 Å². The zero-order valence-electron chi connectivity index (χ0n) is 17.5. The average molecular weight is 385 g/mol. The van der Waals surface area contributed by atoms with E-state index in [0.29, 0.717) is 0 Å². The maximum absolute atomic E-state index is 11.5. The summed E-state index contributed by atoms with van der Waals surface area (Å²) in [6, 6.07) is 0. The van der Waals surface area contributed by atoms with E-state index in [9.17, 15) is 14.4 Å². The van der Waals surface area contributed by atoms with E-state index in [-0.39, 0.29) is 19.3 Å². The Morgan fingerprint density at radius 1 is 0.704 bits per heavy atom. The monoisotopic (exact) mass is 384 g/mol. The van der Waals surface area contributed by atoms with Gasteiger partial charge in [-0.1, -0.05) is 90.9 Å². The molecule has 158 valence electrons. The first-order chi connectivity index (χ1) is 13.0. The van der Waals surface area contributed by atoms with E-state index >= 15 is 0 Å². The number of unbranched alkanes of at least 4 members (excludes halogenated alkanes) is 8. The Hall–Kier alpha value is -1.39. The third-order valence-electron chi connectivity index (χ3n) is 5.04. The number of carbonyl (C=O) groups is 3. The minimum Gasteiger partial charge on any atom is -0.481 e. The summed E-state index contributed by atoms with van der Waals surface area (Å²) in [5.74, 6) is -1.43. The van der Waals surface area contributed by atoms with Gasteiger partial charge in [-0.15, -0.1) is 0 Å². The Labute approximate surface area is 165 Å². The number of aliphatic carboxylic acids is 1. The van der Waals surface area contributed by atoms with Crippen molar-refractivity contribution in [3.8, 4) is 0 Å². The molecular weight excluding hydrogens is 344 g/mol. The van der Waals surface area contributed by atoms with Crippen LogP contribution in [0.2, 0.25) is 0 Å².